The number of aliphatic carboxylic acids is 1. The summed E-state index contributed by atoms with van der Waals surface area (Å²) in [7, 11) is 0. The second-order valence-corrected chi connectivity index (χ2v) is 7.07. The summed E-state index contributed by atoms with van der Waals surface area (Å²) in [6, 6.07) is -3.71. The molecular weight excluding hydrogens is 398 g/mol. The van der Waals surface area contributed by atoms with Crippen LogP contribution in [0, 0.1) is 5.92 Å². The van der Waals surface area contributed by atoms with Gasteiger partial charge in [0.15, 0.2) is 5.96 Å². The summed E-state index contributed by atoms with van der Waals surface area (Å²) in [6.45, 7) is 4.32. The smallest absolute Gasteiger partial charge is 0.326 e. The van der Waals surface area contributed by atoms with Gasteiger partial charge in [-0.2, -0.15) is 0 Å². The molecule has 0 aromatic carbocycles. The molecule has 0 radical (unpaired) electrons. The molecule has 0 aliphatic carbocycles. The van der Waals surface area contributed by atoms with Crippen LogP contribution in [0.3, 0.4) is 0 Å². The number of nitrogens with zero attached hydrogens (tertiary/aromatic N) is 1. The number of nitrogens with one attached hydrogen (secondary N) is 3. The van der Waals surface area contributed by atoms with E-state index in [0.29, 0.717) is 6.42 Å². The van der Waals surface area contributed by atoms with E-state index in [4.69, 9.17) is 17.2 Å². The summed E-state index contributed by atoms with van der Waals surface area (Å²) >= 11 is 0. The van der Waals surface area contributed by atoms with Crippen molar-refractivity contribution < 1.29 is 29.4 Å². The number of guanidine groups is 1. The molecule has 11 N–H and O–H groups in total. The third-order valence-electron chi connectivity index (χ3n) is 4.08. The molecule has 4 unspecified atom stereocenters. The molecule has 13 nitrogen and oxygen atoms in total. The van der Waals surface area contributed by atoms with Crippen LogP contribution in [0.5, 0.6) is 0 Å². The van der Waals surface area contributed by atoms with Crippen LogP contribution in [-0.2, 0) is 19.2 Å². The molecule has 13 heteroatoms. The quantitative estimate of drug-likeness (QED) is 0.0821. The van der Waals surface area contributed by atoms with Crippen LogP contribution in [0.15, 0.2) is 4.99 Å². The molecule has 3 amide bonds. The minimum absolute atomic E-state index is 0.119. The highest BCUT2D eigenvalue weighted by Gasteiger charge is 2.32. The van der Waals surface area contributed by atoms with Crippen molar-refractivity contribution in [3.05, 3.63) is 0 Å². The van der Waals surface area contributed by atoms with Gasteiger partial charge in [0, 0.05) is 6.54 Å². The number of carbonyl (C=O) groups excluding carboxylic acids is 3. The van der Waals surface area contributed by atoms with Crippen LogP contribution in [-0.4, -0.2) is 77.2 Å². The van der Waals surface area contributed by atoms with Gasteiger partial charge in [0.25, 0.3) is 0 Å². The highest BCUT2D eigenvalue weighted by molar-refractivity contribution is 5.93. The summed E-state index contributed by atoms with van der Waals surface area (Å²) in [5.41, 5.74) is 15.7. The van der Waals surface area contributed by atoms with E-state index >= 15 is 0 Å². The number of aliphatic imine (C=N–C) groups is 1. The number of carboxylic acids is 1. The second-order valence-electron chi connectivity index (χ2n) is 7.07. The maximum absolute atomic E-state index is 12.6. The number of rotatable bonds is 13. The number of amides is 3. The maximum atomic E-state index is 12.6. The highest BCUT2D eigenvalue weighted by atomic mass is 16.4. The van der Waals surface area contributed by atoms with E-state index in [0.717, 1.165) is 0 Å². The van der Waals surface area contributed by atoms with Crippen LogP contribution in [0.1, 0.15) is 33.6 Å². The third-order valence-corrected chi connectivity index (χ3v) is 4.08. The van der Waals surface area contributed by atoms with Crippen LogP contribution < -0.4 is 33.2 Å². The first-order chi connectivity index (χ1) is 13.9. The Hall–Kier alpha value is -2.93. The van der Waals surface area contributed by atoms with Gasteiger partial charge in [0.05, 0.1) is 12.6 Å². The van der Waals surface area contributed by atoms with Gasteiger partial charge >= 0.3 is 5.97 Å². The Morgan fingerprint density at radius 2 is 1.53 bits per heavy atom. The van der Waals surface area contributed by atoms with Gasteiger partial charge in [-0.15, -0.1) is 0 Å². The Bertz CT molecular complexity index is 634. The van der Waals surface area contributed by atoms with Gasteiger partial charge in [-0.25, -0.2) is 4.79 Å². The Balaban J connectivity index is 5.28. The standard InChI is InChI=1S/C17H33N7O6/c1-8(2)12(16(29)30)23-15(28)13(9(3)25)24-14(27)10(22-11(26)7-18)5-4-6-21-17(19)20/h8-10,12-13,25H,4-7,18H2,1-3H3,(H,22,26)(H,23,28)(H,24,27)(H,29,30)(H4,19,20,21). The lowest BCUT2D eigenvalue weighted by atomic mass is 10.0. The Morgan fingerprint density at radius 1 is 0.967 bits per heavy atom. The fourth-order valence-electron chi connectivity index (χ4n) is 2.44. The van der Waals surface area contributed by atoms with Crippen molar-refractivity contribution in [1.82, 2.24) is 16.0 Å². The first-order valence-corrected chi connectivity index (χ1v) is 9.47. The van der Waals surface area contributed by atoms with Crippen molar-refractivity contribution in [2.24, 2.45) is 28.1 Å². The number of aliphatic hydroxyl groups is 1. The van der Waals surface area contributed by atoms with Crippen LogP contribution >= 0.6 is 0 Å². The molecule has 0 aromatic heterocycles. The number of carbonyl (C=O) groups is 4. The van der Waals surface area contributed by atoms with Gasteiger partial charge in [-0.1, -0.05) is 13.8 Å². The summed E-state index contributed by atoms with van der Waals surface area (Å²) in [4.78, 5) is 51.8. The van der Waals surface area contributed by atoms with E-state index in [1.807, 2.05) is 0 Å². The first kappa shape index (κ1) is 27.1. The summed E-state index contributed by atoms with van der Waals surface area (Å²) in [6.07, 6.45) is -0.865. The van der Waals surface area contributed by atoms with E-state index in [1.165, 1.54) is 6.92 Å². The van der Waals surface area contributed by atoms with Gasteiger partial charge in [0.1, 0.15) is 18.1 Å². The lowest BCUT2D eigenvalue weighted by Crippen LogP contribution is -2.59. The zero-order chi connectivity index (χ0) is 23.4. The topological polar surface area (TPSA) is 235 Å². The molecule has 30 heavy (non-hydrogen) atoms. The molecule has 0 saturated heterocycles. The van der Waals surface area contributed by atoms with Crippen molar-refractivity contribution in [2.75, 3.05) is 13.1 Å². The fraction of sp³-hybridized carbons (Fsp3) is 0.706. The molecule has 0 aliphatic rings. The normalized spacial score (nSPS) is 14.7. The number of aliphatic hydroxyl groups excluding tert-OH is 1. The maximum Gasteiger partial charge on any atom is 0.326 e. The molecule has 0 fully saturated rings. The van der Waals surface area contributed by atoms with Crippen molar-refractivity contribution in [3.8, 4) is 0 Å². The molecule has 0 aliphatic heterocycles. The number of hydrogen-bond acceptors (Lipinski definition) is 7. The predicted octanol–water partition coefficient (Wildman–Crippen LogP) is -3.43. The van der Waals surface area contributed by atoms with Crippen LogP contribution in [0.25, 0.3) is 0 Å². The van der Waals surface area contributed by atoms with E-state index in [2.05, 4.69) is 20.9 Å². The molecule has 0 saturated carbocycles. The molecular formula is C17H33N7O6. The molecule has 0 rings (SSSR count). The third kappa shape index (κ3) is 10.0. The van der Waals surface area contributed by atoms with Gasteiger partial charge in [-0.3, -0.25) is 19.4 Å². The predicted molar refractivity (Wildman–Crippen MR) is 109 cm³/mol. The second kappa shape index (κ2) is 13.3. The van der Waals surface area contributed by atoms with E-state index in [9.17, 15) is 29.4 Å². The van der Waals surface area contributed by atoms with Crippen molar-refractivity contribution in [1.29, 1.82) is 0 Å². The van der Waals surface area contributed by atoms with Gasteiger partial charge < -0.3 is 43.4 Å². The number of nitrogens with two attached hydrogens (primary N) is 3. The average molecular weight is 431 g/mol. The Kier molecular flexibility index (Phi) is 12.0. The SMILES string of the molecule is CC(C)C(NC(=O)C(NC(=O)C(CCCN=C(N)N)NC(=O)CN)C(C)O)C(=O)O. The molecule has 0 bridgehead atoms. The summed E-state index contributed by atoms with van der Waals surface area (Å²) in [5.74, 6) is -4.01. The Morgan fingerprint density at radius 3 is 1.97 bits per heavy atom. The highest BCUT2D eigenvalue weighted by Crippen LogP contribution is 2.05. The zero-order valence-corrected chi connectivity index (χ0v) is 17.4. The van der Waals surface area contributed by atoms with E-state index in [-0.39, 0.29) is 25.5 Å². The number of hydrogen-bond donors (Lipinski definition) is 8. The number of carboxylic acid groups (broad SMARTS) is 1. The summed E-state index contributed by atoms with van der Waals surface area (Å²) < 4.78 is 0. The van der Waals surface area contributed by atoms with Crippen molar-refractivity contribution in [2.45, 2.75) is 57.8 Å². The average Bonchev–Trinajstić information content (AvgIpc) is 2.64. The van der Waals surface area contributed by atoms with Crippen LogP contribution in [0.4, 0.5) is 0 Å². The Labute approximate surface area is 174 Å². The van der Waals surface area contributed by atoms with Crippen LogP contribution in [0.2, 0.25) is 0 Å². The van der Waals surface area contributed by atoms with Gasteiger partial charge in [-0.05, 0) is 25.7 Å². The lowest BCUT2D eigenvalue weighted by Gasteiger charge is -2.26. The summed E-state index contributed by atoms with van der Waals surface area (Å²) in [5, 5.41) is 26.2. The van der Waals surface area contributed by atoms with Gasteiger partial charge in [0.2, 0.25) is 17.7 Å². The van der Waals surface area contributed by atoms with E-state index in [1.54, 1.807) is 13.8 Å². The minimum atomic E-state index is -1.44. The van der Waals surface area contributed by atoms with E-state index < -0.39 is 53.8 Å². The molecule has 4 atom stereocenters. The minimum Gasteiger partial charge on any atom is -0.480 e. The fourth-order valence-corrected chi connectivity index (χ4v) is 2.44. The molecule has 172 valence electrons. The largest absolute Gasteiger partial charge is 0.480 e. The first-order valence-electron chi connectivity index (χ1n) is 9.47. The monoisotopic (exact) mass is 431 g/mol. The molecule has 0 spiro atoms. The molecule has 0 heterocycles. The zero-order valence-electron chi connectivity index (χ0n) is 17.4. The van der Waals surface area contributed by atoms with Crippen molar-refractivity contribution >= 4 is 29.7 Å². The molecule has 0 aromatic rings. The van der Waals surface area contributed by atoms with Crippen molar-refractivity contribution in [3.63, 3.8) is 0 Å². The lowest BCUT2D eigenvalue weighted by molar-refractivity contribution is -0.144.